The van der Waals surface area contributed by atoms with Gasteiger partial charge in [-0.2, -0.15) is 0 Å². The summed E-state index contributed by atoms with van der Waals surface area (Å²) in [5.41, 5.74) is 4.44. The Labute approximate surface area is 193 Å². The molecule has 2 aromatic rings. The van der Waals surface area contributed by atoms with E-state index >= 15 is 0 Å². The van der Waals surface area contributed by atoms with Crippen molar-refractivity contribution >= 4 is 18.0 Å². The van der Waals surface area contributed by atoms with Crippen molar-refractivity contribution in [2.45, 2.75) is 44.2 Å². The van der Waals surface area contributed by atoms with Crippen LogP contribution in [-0.4, -0.2) is 55.5 Å². The van der Waals surface area contributed by atoms with Crippen LogP contribution in [0.5, 0.6) is 0 Å². The highest BCUT2D eigenvalue weighted by Crippen LogP contribution is 2.44. The molecular weight excluding hydrogens is 424 g/mol. The average Bonchev–Trinajstić information content (AvgIpc) is 3.13. The second kappa shape index (κ2) is 11.5. The quantitative estimate of drug-likeness (QED) is 0.480. The van der Waals surface area contributed by atoms with Gasteiger partial charge in [0.05, 0.1) is 6.61 Å². The Kier molecular flexibility index (Phi) is 8.43. The van der Waals surface area contributed by atoms with Crippen LogP contribution in [0.4, 0.5) is 4.79 Å². The molecule has 33 heavy (non-hydrogen) atoms. The second-order valence-electron chi connectivity index (χ2n) is 8.02. The molecule has 1 unspecified atom stereocenters. The SMILES string of the molecule is CCCC[C@H](NC(=O)OCC1c2ccccc2-c2ccccc21)C(=O)NC(COC)C(=O)O. The van der Waals surface area contributed by atoms with E-state index in [9.17, 15) is 19.5 Å². The molecule has 3 rings (SSSR count). The summed E-state index contributed by atoms with van der Waals surface area (Å²) in [6.07, 6.45) is 1.15. The highest BCUT2D eigenvalue weighted by atomic mass is 16.5. The number of hydrogen-bond acceptors (Lipinski definition) is 5. The van der Waals surface area contributed by atoms with Gasteiger partial charge < -0.3 is 25.2 Å². The van der Waals surface area contributed by atoms with Crippen LogP contribution in [0.1, 0.15) is 43.2 Å². The molecular formula is C25H30N2O6. The Morgan fingerprint density at radius 1 is 0.970 bits per heavy atom. The van der Waals surface area contributed by atoms with E-state index in [0.717, 1.165) is 28.7 Å². The molecule has 0 saturated heterocycles. The van der Waals surface area contributed by atoms with Crippen LogP contribution in [0.2, 0.25) is 0 Å². The van der Waals surface area contributed by atoms with Gasteiger partial charge >= 0.3 is 12.1 Å². The van der Waals surface area contributed by atoms with Crippen molar-refractivity contribution < 1.29 is 29.0 Å². The number of nitrogens with one attached hydrogen (secondary N) is 2. The molecule has 8 nitrogen and oxygen atoms in total. The number of carbonyl (C=O) groups is 3. The van der Waals surface area contributed by atoms with Gasteiger partial charge in [0.1, 0.15) is 12.6 Å². The van der Waals surface area contributed by atoms with Crippen LogP contribution in [0, 0.1) is 0 Å². The summed E-state index contributed by atoms with van der Waals surface area (Å²) < 4.78 is 10.4. The van der Waals surface area contributed by atoms with Gasteiger partial charge in [-0.1, -0.05) is 68.3 Å². The number of alkyl carbamates (subject to hydrolysis) is 1. The number of rotatable bonds is 11. The minimum absolute atomic E-state index is 0.0934. The van der Waals surface area contributed by atoms with E-state index in [0.29, 0.717) is 12.8 Å². The van der Waals surface area contributed by atoms with E-state index in [1.165, 1.54) is 7.11 Å². The Morgan fingerprint density at radius 2 is 1.58 bits per heavy atom. The summed E-state index contributed by atoms with van der Waals surface area (Å²) in [6.45, 7) is 1.92. The smallest absolute Gasteiger partial charge is 0.407 e. The lowest BCUT2D eigenvalue weighted by atomic mass is 9.98. The van der Waals surface area contributed by atoms with Crippen LogP contribution in [0.3, 0.4) is 0 Å². The number of methoxy groups -OCH3 is 1. The second-order valence-corrected chi connectivity index (χ2v) is 8.02. The molecule has 0 radical (unpaired) electrons. The molecule has 2 atom stereocenters. The number of aliphatic carboxylic acids is 1. The van der Waals surface area contributed by atoms with E-state index in [2.05, 4.69) is 22.8 Å². The Bertz CT molecular complexity index is 947. The Hall–Kier alpha value is -3.39. The van der Waals surface area contributed by atoms with Crippen molar-refractivity contribution in [1.29, 1.82) is 0 Å². The lowest BCUT2D eigenvalue weighted by Crippen LogP contribution is -2.53. The molecule has 0 bridgehead atoms. The fraction of sp³-hybridized carbons (Fsp3) is 0.400. The number of carboxylic acid groups (broad SMARTS) is 1. The fourth-order valence-electron chi connectivity index (χ4n) is 4.07. The first-order valence-electron chi connectivity index (χ1n) is 11.1. The van der Waals surface area contributed by atoms with E-state index in [1.54, 1.807) is 0 Å². The van der Waals surface area contributed by atoms with Gasteiger partial charge in [-0.25, -0.2) is 9.59 Å². The zero-order chi connectivity index (χ0) is 23.8. The number of carboxylic acids is 1. The topological polar surface area (TPSA) is 114 Å². The number of benzene rings is 2. The number of hydrogen-bond donors (Lipinski definition) is 3. The number of fused-ring (bicyclic) bond motifs is 3. The molecule has 3 N–H and O–H groups in total. The van der Waals surface area contributed by atoms with Gasteiger partial charge in [-0.3, -0.25) is 4.79 Å². The molecule has 0 saturated carbocycles. The third-order valence-electron chi connectivity index (χ3n) is 5.75. The highest BCUT2D eigenvalue weighted by molar-refractivity contribution is 5.89. The van der Waals surface area contributed by atoms with Crippen LogP contribution >= 0.6 is 0 Å². The predicted octanol–water partition coefficient (Wildman–Crippen LogP) is 3.30. The van der Waals surface area contributed by atoms with Crippen molar-refractivity contribution in [1.82, 2.24) is 10.6 Å². The lowest BCUT2D eigenvalue weighted by Gasteiger charge is -2.21. The van der Waals surface area contributed by atoms with Crippen LogP contribution in [0.15, 0.2) is 48.5 Å². The van der Waals surface area contributed by atoms with Gasteiger partial charge in [-0.05, 0) is 28.7 Å². The first-order chi connectivity index (χ1) is 16.0. The summed E-state index contributed by atoms with van der Waals surface area (Å²) in [5, 5.41) is 14.3. The normalized spacial score (nSPS) is 14.0. The largest absolute Gasteiger partial charge is 0.480 e. The maximum Gasteiger partial charge on any atom is 0.407 e. The minimum Gasteiger partial charge on any atom is -0.480 e. The number of amides is 2. The molecule has 0 fully saturated rings. The fourth-order valence-corrected chi connectivity index (χ4v) is 4.07. The molecule has 1 aliphatic rings. The first-order valence-corrected chi connectivity index (χ1v) is 11.1. The van der Waals surface area contributed by atoms with Crippen molar-refractivity contribution in [2.75, 3.05) is 20.3 Å². The van der Waals surface area contributed by atoms with E-state index in [-0.39, 0.29) is 19.1 Å². The predicted molar refractivity (Wildman–Crippen MR) is 123 cm³/mol. The Balaban J connectivity index is 1.65. The minimum atomic E-state index is -1.21. The number of carbonyl (C=O) groups excluding carboxylic acids is 2. The summed E-state index contributed by atoms with van der Waals surface area (Å²) in [7, 11) is 1.35. The van der Waals surface area contributed by atoms with Crippen molar-refractivity contribution in [3.8, 4) is 11.1 Å². The van der Waals surface area contributed by atoms with E-state index < -0.39 is 30.1 Å². The molecule has 8 heteroatoms. The monoisotopic (exact) mass is 454 g/mol. The van der Waals surface area contributed by atoms with Gasteiger partial charge in [-0.15, -0.1) is 0 Å². The summed E-state index contributed by atoms with van der Waals surface area (Å²) in [4.78, 5) is 36.6. The molecule has 1 aliphatic carbocycles. The third kappa shape index (κ3) is 5.90. The number of unbranched alkanes of at least 4 members (excludes halogenated alkanes) is 1. The molecule has 0 aromatic heterocycles. The average molecular weight is 455 g/mol. The molecule has 2 amide bonds. The van der Waals surface area contributed by atoms with Gasteiger partial charge in [0.15, 0.2) is 6.04 Å². The van der Waals surface area contributed by atoms with Gasteiger partial charge in [0, 0.05) is 13.0 Å². The zero-order valence-electron chi connectivity index (χ0n) is 18.9. The molecule has 176 valence electrons. The van der Waals surface area contributed by atoms with Crippen molar-refractivity contribution in [2.24, 2.45) is 0 Å². The lowest BCUT2D eigenvalue weighted by molar-refractivity contribution is -0.143. The van der Waals surface area contributed by atoms with Gasteiger partial charge in [0.25, 0.3) is 0 Å². The third-order valence-corrected chi connectivity index (χ3v) is 5.75. The van der Waals surface area contributed by atoms with Crippen LogP contribution in [0.25, 0.3) is 11.1 Å². The van der Waals surface area contributed by atoms with Crippen LogP contribution in [-0.2, 0) is 19.1 Å². The zero-order valence-corrected chi connectivity index (χ0v) is 18.9. The first kappa shape index (κ1) is 24.3. The van der Waals surface area contributed by atoms with E-state index in [4.69, 9.17) is 9.47 Å². The van der Waals surface area contributed by atoms with Crippen molar-refractivity contribution in [3.63, 3.8) is 0 Å². The summed E-state index contributed by atoms with van der Waals surface area (Å²) >= 11 is 0. The maximum atomic E-state index is 12.7. The molecule has 2 aromatic carbocycles. The van der Waals surface area contributed by atoms with Gasteiger partial charge in [0.2, 0.25) is 5.91 Å². The Morgan fingerprint density at radius 3 is 2.12 bits per heavy atom. The molecule has 0 heterocycles. The van der Waals surface area contributed by atoms with Crippen molar-refractivity contribution in [3.05, 3.63) is 59.7 Å². The molecule has 0 spiro atoms. The van der Waals surface area contributed by atoms with Crippen LogP contribution < -0.4 is 10.6 Å². The summed E-state index contributed by atoms with van der Waals surface area (Å²) in [5.74, 6) is -1.88. The summed E-state index contributed by atoms with van der Waals surface area (Å²) in [6, 6.07) is 13.9. The highest BCUT2D eigenvalue weighted by Gasteiger charge is 2.30. The molecule has 0 aliphatic heterocycles. The van der Waals surface area contributed by atoms with E-state index in [1.807, 2.05) is 43.3 Å². The standard InChI is InChI=1S/C25H30N2O6/c1-3-4-13-21(23(28)26-22(15-32-2)24(29)30)27-25(31)33-14-20-18-11-7-5-9-16(18)17-10-6-8-12-19(17)20/h5-12,20-22H,3-4,13-15H2,1-2H3,(H,26,28)(H,27,31)(H,29,30)/t21-,22?/m0/s1. The maximum absolute atomic E-state index is 12.7. The number of ether oxygens (including phenoxy) is 2.